The molecule has 0 saturated heterocycles. The van der Waals surface area contributed by atoms with Gasteiger partial charge in [-0.2, -0.15) is 0 Å². The number of anilines is 1. The molecule has 4 rings (SSSR count). The predicted molar refractivity (Wildman–Crippen MR) is 109 cm³/mol. The summed E-state index contributed by atoms with van der Waals surface area (Å²) in [7, 11) is -3.32. The third-order valence-corrected chi connectivity index (χ3v) is 6.38. The number of rotatable bonds is 4. The van der Waals surface area contributed by atoms with E-state index >= 15 is 0 Å². The minimum atomic E-state index is -3.32. The van der Waals surface area contributed by atoms with Gasteiger partial charge >= 0.3 is 0 Å². The first-order valence-corrected chi connectivity index (χ1v) is 11.5. The summed E-state index contributed by atoms with van der Waals surface area (Å²) in [6.45, 7) is 0. The number of sulfonamides is 1. The number of carbonyl (C=O) groups excluding carboxylic acids is 1. The molecule has 2 N–H and O–H groups in total. The van der Waals surface area contributed by atoms with Gasteiger partial charge < -0.3 is 0 Å². The Kier molecular flexibility index (Phi) is 4.90. The van der Waals surface area contributed by atoms with Crippen LogP contribution in [0.2, 0.25) is 0 Å². The lowest BCUT2D eigenvalue weighted by Gasteiger charge is -2.22. The number of fused-ring (bicyclic) bond motifs is 3. The maximum absolute atomic E-state index is 13.4. The first-order valence-electron chi connectivity index (χ1n) is 8.75. The number of hydrogen-bond donors (Lipinski definition) is 2. The Morgan fingerprint density at radius 1 is 1.29 bits per heavy atom. The highest BCUT2D eigenvalue weighted by Crippen LogP contribution is 2.33. The molecule has 1 aromatic heterocycles. The Morgan fingerprint density at radius 3 is 2.89 bits per heavy atom. The Hall–Kier alpha value is -2.36. The summed E-state index contributed by atoms with van der Waals surface area (Å²) in [5.74, 6) is -0.583. The average molecular weight is 420 g/mol. The molecule has 146 valence electrons. The molecule has 9 heteroatoms. The standard InChI is InChI=1S/C19H18FN3O3S2/c1-28(25,26)23-14-4-2-3-12(10-14)18(24)22-19-21-16-8-5-11-9-13(20)6-7-15(11)17(16)27-19/h3,5-9,14,23H,2,4,10H2,1H3,(H,21,22,24)/t14-/m1/s1. The van der Waals surface area contributed by atoms with Crippen LogP contribution in [0.5, 0.6) is 0 Å². The van der Waals surface area contributed by atoms with Crippen molar-refractivity contribution < 1.29 is 17.6 Å². The fourth-order valence-corrected chi connectivity index (χ4v) is 5.22. The van der Waals surface area contributed by atoms with Crippen molar-refractivity contribution in [3.05, 3.63) is 47.8 Å². The molecule has 0 unspecified atom stereocenters. The van der Waals surface area contributed by atoms with Gasteiger partial charge in [0.25, 0.3) is 5.91 Å². The number of allylic oxidation sites excluding steroid dienone is 1. The van der Waals surface area contributed by atoms with Gasteiger partial charge in [0.2, 0.25) is 10.0 Å². The van der Waals surface area contributed by atoms with Crippen LogP contribution in [0.1, 0.15) is 19.3 Å². The molecule has 1 aliphatic rings. The van der Waals surface area contributed by atoms with Crippen molar-refractivity contribution in [1.82, 2.24) is 9.71 Å². The molecule has 2 aromatic carbocycles. The van der Waals surface area contributed by atoms with Gasteiger partial charge in [-0.3, -0.25) is 10.1 Å². The number of aromatic nitrogens is 1. The van der Waals surface area contributed by atoms with E-state index in [1.54, 1.807) is 18.2 Å². The molecule has 28 heavy (non-hydrogen) atoms. The fraction of sp³-hybridized carbons (Fsp3) is 0.263. The number of nitrogens with one attached hydrogen (secondary N) is 2. The number of nitrogens with zero attached hydrogens (tertiary/aromatic N) is 1. The molecule has 0 spiro atoms. The molecular weight excluding hydrogens is 401 g/mol. The van der Waals surface area contributed by atoms with E-state index in [9.17, 15) is 17.6 Å². The van der Waals surface area contributed by atoms with Crippen molar-refractivity contribution in [2.45, 2.75) is 25.3 Å². The van der Waals surface area contributed by atoms with Gasteiger partial charge in [0.05, 0.1) is 16.5 Å². The zero-order valence-corrected chi connectivity index (χ0v) is 16.7. The normalized spacial score (nSPS) is 17.6. The minimum absolute atomic E-state index is 0.282. The van der Waals surface area contributed by atoms with E-state index in [0.717, 1.165) is 27.2 Å². The number of carbonyl (C=O) groups is 1. The largest absolute Gasteiger partial charge is 0.298 e. The summed E-state index contributed by atoms with van der Waals surface area (Å²) in [5.41, 5.74) is 1.27. The van der Waals surface area contributed by atoms with Crippen molar-refractivity contribution in [1.29, 1.82) is 0 Å². The quantitative estimate of drug-likeness (QED) is 0.677. The van der Waals surface area contributed by atoms with Crippen molar-refractivity contribution in [3.8, 4) is 0 Å². The molecule has 6 nitrogen and oxygen atoms in total. The monoisotopic (exact) mass is 419 g/mol. The number of amides is 1. The summed E-state index contributed by atoms with van der Waals surface area (Å²) < 4.78 is 39.7. The molecule has 1 aliphatic carbocycles. The van der Waals surface area contributed by atoms with E-state index in [-0.39, 0.29) is 17.8 Å². The van der Waals surface area contributed by atoms with E-state index in [4.69, 9.17) is 0 Å². The first-order chi connectivity index (χ1) is 13.3. The molecule has 0 bridgehead atoms. The highest BCUT2D eigenvalue weighted by atomic mass is 32.2. The van der Waals surface area contributed by atoms with Gasteiger partial charge in [0.1, 0.15) is 5.82 Å². The lowest BCUT2D eigenvalue weighted by atomic mass is 9.95. The van der Waals surface area contributed by atoms with Crippen LogP contribution in [0.3, 0.4) is 0 Å². The second-order valence-corrected chi connectivity index (χ2v) is 9.63. The third kappa shape index (κ3) is 4.06. The molecule has 1 heterocycles. The summed E-state index contributed by atoms with van der Waals surface area (Å²) in [4.78, 5) is 17.1. The topological polar surface area (TPSA) is 88.2 Å². The minimum Gasteiger partial charge on any atom is -0.298 e. The SMILES string of the molecule is CS(=O)(=O)N[C@@H]1CCC=C(C(=O)Nc2nc3ccc4cc(F)ccc4c3s2)C1. The van der Waals surface area contributed by atoms with E-state index in [2.05, 4.69) is 15.0 Å². The van der Waals surface area contributed by atoms with Crippen LogP contribution in [-0.4, -0.2) is 31.6 Å². The molecule has 3 aromatic rings. The molecule has 1 atom stereocenters. The lowest BCUT2D eigenvalue weighted by molar-refractivity contribution is -0.113. The van der Waals surface area contributed by atoms with Crippen LogP contribution >= 0.6 is 11.3 Å². The predicted octanol–water partition coefficient (Wildman–Crippen LogP) is 3.56. The van der Waals surface area contributed by atoms with Gasteiger partial charge in [-0.1, -0.05) is 23.5 Å². The zero-order chi connectivity index (χ0) is 19.9. The van der Waals surface area contributed by atoms with E-state index < -0.39 is 10.0 Å². The summed E-state index contributed by atoms with van der Waals surface area (Å²) in [6, 6.07) is 7.90. The van der Waals surface area contributed by atoms with Gasteiger partial charge in [0, 0.05) is 17.0 Å². The van der Waals surface area contributed by atoms with Gasteiger partial charge in [-0.25, -0.2) is 22.5 Å². The Labute approximate surface area is 165 Å². The highest BCUT2D eigenvalue weighted by Gasteiger charge is 2.23. The summed E-state index contributed by atoms with van der Waals surface area (Å²) >= 11 is 1.33. The second kappa shape index (κ2) is 7.23. The average Bonchev–Trinajstić information content (AvgIpc) is 3.03. The number of halogens is 1. The van der Waals surface area contributed by atoms with Crippen LogP contribution < -0.4 is 10.0 Å². The van der Waals surface area contributed by atoms with Crippen LogP contribution in [0.25, 0.3) is 21.0 Å². The van der Waals surface area contributed by atoms with Gasteiger partial charge in [0.15, 0.2) is 5.13 Å². The molecule has 1 amide bonds. The maximum Gasteiger partial charge on any atom is 0.253 e. The van der Waals surface area contributed by atoms with Crippen LogP contribution in [0.15, 0.2) is 42.0 Å². The third-order valence-electron chi connectivity index (χ3n) is 4.60. The molecule has 0 aliphatic heterocycles. The smallest absolute Gasteiger partial charge is 0.253 e. The highest BCUT2D eigenvalue weighted by molar-refractivity contribution is 7.88. The first kappa shape index (κ1) is 19.0. The second-order valence-electron chi connectivity index (χ2n) is 6.85. The van der Waals surface area contributed by atoms with Crippen molar-refractivity contribution in [2.75, 3.05) is 11.6 Å². The Morgan fingerprint density at radius 2 is 2.11 bits per heavy atom. The maximum atomic E-state index is 13.4. The Balaban J connectivity index is 1.55. The summed E-state index contributed by atoms with van der Waals surface area (Å²) in [6.07, 6.45) is 4.58. The van der Waals surface area contributed by atoms with E-state index in [1.165, 1.54) is 23.5 Å². The molecule has 0 radical (unpaired) electrons. The zero-order valence-electron chi connectivity index (χ0n) is 15.0. The van der Waals surface area contributed by atoms with Crippen LogP contribution in [0.4, 0.5) is 9.52 Å². The number of benzene rings is 2. The van der Waals surface area contributed by atoms with E-state index in [1.807, 2.05) is 6.08 Å². The molecular formula is C19H18FN3O3S2. The van der Waals surface area contributed by atoms with Crippen LogP contribution in [0, 0.1) is 5.82 Å². The van der Waals surface area contributed by atoms with Crippen molar-refractivity contribution in [2.24, 2.45) is 0 Å². The number of thiazole rings is 1. The molecule has 0 saturated carbocycles. The number of hydrogen-bond acceptors (Lipinski definition) is 5. The molecule has 0 fully saturated rings. The fourth-order valence-electron chi connectivity index (χ4n) is 3.41. The van der Waals surface area contributed by atoms with Gasteiger partial charge in [-0.05, 0) is 48.9 Å². The van der Waals surface area contributed by atoms with Gasteiger partial charge in [-0.15, -0.1) is 0 Å². The Bertz CT molecular complexity index is 1220. The van der Waals surface area contributed by atoms with Crippen molar-refractivity contribution >= 4 is 53.4 Å². The lowest BCUT2D eigenvalue weighted by Crippen LogP contribution is -2.36. The van der Waals surface area contributed by atoms with Crippen molar-refractivity contribution in [3.63, 3.8) is 0 Å². The van der Waals surface area contributed by atoms with E-state index in [0.29, 0.717) is 30.0 Å². The summed E-state index contributed by atoms with van der Waals surface area (Å²) in [5, 5.41) is 4.92. The van der Waals surface area contributed by atoms with Crippen LogP contribution in [-0.2, 0) is 14.8 Å².